The number of amides is 1. The van der Waals surface area contributed by atoms with Crippen molar-refractivity contribution in [2.24, 2.45) is 17.6 Å². The summed E-state index contributed by atoms with van der Waals surface area (Å²) in [7, 11) is 0. The Balaban J connectivity index is 2.48. The molecule has 0 aromatic heterocycles. The second kappa shape index (κ2) is 7.62. The standard InChI is InChI=1S/C15H28N2O3/c1-11(2)8-12(9-13(18)19)10-17-14(20)15(16)6-4-3-5-7-15/h11-12H,3-10,16H2,1-2H3,(H,17,20)(H,18,19)/t12-/m0/s1. The molecule has 0 radical (unpaired) electrons. The highest BCUT2D eigenvalue weighted by Gasteiger charge is 2.35. The fraction of sp³-hybridized carbons (Fsp3) is 0.867. The van der Waals surface area contributed by atoms with Crippen molar-refractivity contribution >= 4 is 11.9 Å². The molecule has 0 spiro atoms. The number of nitrogens with one attached hydrogen (secondary N) is 1. The maximum Gasteiger partial charge on any atom is 0.303 e. The van der Waals surface area contributed by atoms with Gasteiger partial charge in [0.25, 0.3) is 0 Å². The first kappa shape index (κ1) is 17.0. The molecule has 0 heterocycles. The fourth-order valence-corrected chi connectivity index (χ4v) is 2.98. The Morgan fingerprint density at radius 1 is 1.25 bits per heavy atom. The van der Waals surface area contributed by atoms with Crippen LogP contribution >= 0.6 is 0 Å². The lowest BCUT2D eigenvalue weighted by Crippen LogP contribution is -2.55. The second-order valence-corrected chi connectivity index (χ2v) is 6.52. The van der Waals surface area contributed by atoms with Crippen molar-refractivity contribution in [2.45, 2.75) is 64.3 Å². The van der Waals surface area contributed by atoms with Crippen molar-refractivity contribution in [1.29, 1.82) is 0 Å². The minimum Gasteiger partial charge on any atom is -0.481 e. The van der Waals surface area contributed by atoms with Crippen molar-refractivity contribution in [3.05, 3.63) is 0 Å². The van der Waals surface area contributed by atoms with E-state index in [0.717, 1.165) is 38.5 Å². The Kier molecular flexibility index (Phi) is 6.46. The van der Waals surface area contributed by atoms with Crippen molar-refractivity contribution in [1.82, 2.24) is 5.32 Å². The lowest BCUT2D eigenvalue weighted by atomic mass is 9.81. The summed E-state index contributed by atoms with van der Waals surface area (Å²) in [6.07, 6.45) is 5.48. The maximum atomic E-state index is 12.2. The quantitative estimate of drug-likeness (QED) is 0.665. The lowest BCUT2D eigenvalue weighted by molar-refractivity contribution is -0.138. The topological polar surface area (TPSA) is 92.4 Å². The van der Waals surface area contributed by atoms with Gasteiger partial charge in [-0.3, -0.25) is 9.59 Å². The highest BCUT2D eigenvalue weighted by molar-refractivity contribution is 5.86. The van der Waals surface area contributed by atoms with Crippen LogP contribution in [-0.4, -0.2) is 29.1 Å². The van der Waals surface area contributed by atoms with Crippen molar-refractivity contribution in [3.8, 4) is 0 Å². The van der Waals surface area contributed by atoms with Gasteiger partial charge >= 0.3 is 5.97 Å². The molecule has 0 aliphatic heterocycles. The summed E-state index contributed by atoms with van der Waals surface area (Å²) in [5, 5.41) is 11.8. The summed E-state index contributed by atoms with van der Waals surface area (Å²) in [5.41, 5.74) is 5.42. The summed E-state index contributed by atoms with van der Waals surface area (Å²) in [4.78, 5) is 23.1. The van der Waals surface area contributed by atoms with Crippen LogP contribution in [0.3, 0.4) is 0 Å². The molecule has 0 aromatic carbocycles. The molecule has 1 aliphatic rings. The minimum atomic E-state index is -0.815. The van der Waals surface area contributed by atoms with Crippen LogP contribution in [0.25, 0.3) is 0 Å². The van der Waals surface area contributed by atoms with E-state index in [0.29, 0.717) is 12.5 Å². The Morgan fingerprint density at radius 2 is 1.85 bits per heavy atom. The van der Waals surface area contributed by atoms with Crippen LogP contribution in [0.2, 0.25) is 0 Å². The molecular formula is C15H28N2O3. The van der Waals surface area contributed by atoms with Gasteiger partial charge in [0.05, 0.1) is 5.54 Å². The van der Waals surface area contributed by atoms with E-state index >= 15 is 0 Å². The molecule has 1 amide bonds. The number of carbonyl (C=O) groups is 2. The van der Waals surface area contributed by atoms with E-state index in [4.69, 9.17) is 10.8 Å². The van der Waals surface area contributed by atoms with Gasteiger partial charge in [-0.1, -0.05) is 33.1 Å². The highest BCUT2D eigenvalue weighted by atomic mass is 16.4. The fourth-order valence-electron chi connectivity index (χ4n) is 2.98. The number of hydrogen-bond acceptors (Lipinski definition) is 3. The number of carbonyl (C=O) groups excluding carboxylic acids is 1. The number of hydrogen-bond donors (Lipinski definition) is 3. The van der Waals surface area contributed by atoms with Crippen molar-refractivity contribution in [3.63, 3.8) is 0 Å². The molecular weight excluding hydrogens is 256 g/mol. The molecule has 0 aromatic rings. The second-order valence-electron chi connectivity index (χ2n) is 6.52. The predicted molar refractivity (Wildman–Crippen MR) is 78.2 cm³/mol. The number of nitrogens with two attached hydrogens (primary N) is 1. The monoisotopic (exact) mass is 284 g/mol. The van der Waals surface area contributed by atoms with Crippen LogP contribution in [-0.2, 0) is 9.59 Å². The first-order valence-electron chi connectivity index (χ1n) is 7.62. The first-order chi connectivity index (χ1) is 9.33. The zero-order valence-corrected chi connectivity index (χ0v) is 12.7. The van der Waals surface area contributed by atoms with Crippen molar-refractivity contribution in [2.75, 3.05) is 6.54 Å². The Morgan fingerprint density at radius 3 is 2.35 bits per heavy atom. The molecule has 0 saturated heterocycles. The number of rotatable bonds is 7. The summed E-state index contributed by atoms with van der Waals surface area (Å²) in [5.74, 6) is -0.539. The average Bonchev–Trinajstić information content (AvgIpc) is 2.35. The van der Waals surface area contributed by atoms with E-state index in [1.165, 1.54) is 0 Å². The Labute approximate surface area is 121 Å². The van der Waals surface area contributed by atoms with Gasteiger partial charge in [-0.2, -0.15) is 0 Å². The third-order valence-electron chi connectivity index (χ3n) is 4.02. The molecule has 5 nitrogen and oxygen atoms in total. The molecule has 0 bridgehead atoms. The smallest absolute Gasteiger partial charge is 0.303 e. The van der Waals surface area contributed by atoms with Crippen LogP contribution in [0.15, 0.2) is 0 Å². The van der Waals surface area contributed by atoms with E-state index in [9.17, 15) is 9.59 Å². The van der Waals surface area contributed by atoms with Gasteiger partial charge < -0.3 is 16.2 Å². The van der Waals surface area contributed by atoms with Gasteiger partial charge in [0.2, 0.25) is 5.91 Å². The highest BCUT2D eigenvalue weighted by Crippen LogP contribution is 2.26. The van der Waals surface area contributed by atoms with Gasteiger partial charge in [-0.25, -0.2) is 0 Å². The summed E-state index contributed by atoms with van der Waals surface area (Å²) >= 11 is 0. The average molecular weight is 284 g/mol. The van der Waals surface area contributed by atoms with Crippen LogP contribution in [0.5, 0.6) is 0 Å². The lowest BCUT2D eigenvalue weighted by Gasteiger charge is -2.32. The molecule has 0 unspecified atom stereocenters. The molecule has 1 saturated carbocycles. The Bertz CT molecular complexity index is 336. The molecule has 1 atom stereocenters. The zero-order chi connectivity index (χ0) is 15.2. The third kappa shape index (κ3) is 5.49. The zero-order valence-electron chi connectivity index (χ0n) is 12.7. The molecule has 20 heavy (non-hydrogen) atoms. The predicted octanol–water partition coefficient (Wildman–Crippen LogP) is 1.90. The van der Waals surface area contributed by atoms with E-state index in [2.05, 4.69) is 19.2 Å². The maximum absolute atomic E-state index is 12.2. The summed E-state index contributed by atoms with van der Waals surface area (Å²) in [6, 6.07) is 0. The van der Waals surface area contributed by atoms with Crippen LogP contribution in [0, 0.1) is 11.8 Å². The van der Waals surface area contributed by atoms with Crippen LogP contribution in [0.1, 0.15) is 58.8 Å². The van der Waals surface area contributed by atoms with E-state index in [1.807, 2.05) is 0 Å². The van der Waals surface area contributed by atoms with Gasteiger partial charge in [0, 0.05) is 13.0 Å². The molecule has 4 N–H and O–H groups in total. The normalized spacial score (nSPS) is 19.6. The molecule has 1 aliphatic carbocycles. The molecule has 1 fully saturated rings. The molecule has 5 heteroatoms. The van der Waals surface area contributed by atoms with Gasteiger partial charge in [0.15, 0.2) is 0 Å². The number of carboxylic acids is 1. The van der Waals surface area contributed by atoms with Crippen LogP contribution in [0.4, 0.5) is 0 Å². The van der Waals surface area contributed by atoms with Crippen molar-refractivity contribution < 1.29 is 14.7 Å². The summed E-state index contributed by atoms with van der Waals surface area (Å²) < 4.78 is 0. The van der Waals surface area contributed by atoms with E-state index in [1.54, 1.807) is 0 Å². The van der Waals surface area contributed by atoms with E-state index in [-0.39, 0.29) is 18.2 Å². The van der Waals surface area contributed by atoms with Gasteiger partial charge in [-0.15, -0.1) is 0 Å². The van der Waals surface area contributed by atoms with Crippen LogP contribution < -0.4 is 11.1 Å². The largest absolute Gasteiger partial charge is 0.481 e. The SMILES string of the molecule is CC(C)C[C@H](CNC(=O)C1(N)CCCCC1)CC(=O)O. The van der Waals surface area contributed by atoms with Gasteiger partial charge in [0.1, 0.15) is 0 Å². The third-order valence-corrected chi connectivity index (χ3v) is 4.02. The number of carboxylic acid groups (broad SMARTS) is 1. The van der Waals surface area contributed by atoms with E-state index < -0.39 is 11.5 Å². The first-order valence-corrected chi connectivity index (χ1v) is 7.62. The number of aliphatic carboxylic acids is 1. The minimum absolute atomic E-state index is 0.0244. The summed E-state index contributed by atoms with van der Waals surface area (Å²) in [6.45, 7) is 4.52. The molecule has 1 rings (SSSR count). The molecule has 116 valence electrons. The Hall–Kier alpha value is -1.10. The van der Waals surface area contributed by atoms with Gasteiger partial charge in [-0.05, 0) is 31.1 Å².